The normalized spacial score (nSPS) is 12.6. The summed E-state index contributed by atoms with van der Waals surface area (Å²) in [6.45, 7) is 4.92. The molecule has 0 spiro atoms. The van der Waals surface area contributed by atoms with Crippen LogP contribution in [0.4, 0.5) is 5.69 Å². The van der Waals surface area contributed by atoms with Gasteiger partial charge in [-0.1, -0.05) is 31.0 Å². The zero-order valence-electron chi connectivity index (χ0n) is 10.2. The largest absolute Gasteiger partial charge is 0.389 e. The van der Waals surface area contributed by atoms with E-state index in [1.54, 1.807) is 6.92 Å². The van der Waals surface area contributed by atoms with Gasteiger partial charge in [-0.25, -0.2) is 0 Å². The van der Waals surface area contributed by atoms with E-state index >= 15 is 0 Å². The number of rotatable bonds is 5. The van der Waals surface area contributed by atoms with Gasteiger partial charge >= 0.3 is 0 Å². The first-order valence-corrected chi connectivity index (χ1v) is 6.12. The van der Waals surface area contributed by atoms with Crippen LogP contribution in [0.2, 0.25) is 5.02 Å². The lowest BCUT2D eigenvalue weighted by Gasteiger charge is -2.21. The molecule has 0 saturated heterocycles. The van der Waals surface area contributed by atoms with Crippen molar-refractivity contribution in [2.75, 3.05) is 18.5 Å². The van der Waals surface area contributed by atoms with Crippen molar-refractivity contribution in [2.45, 2.75) is 32.8 Å². The van der Waals surface area contributed by atoms with Crippen LogP contribution in [0.25, 0.3) is 0 Å². The minimum Gasteiger partial charge on any atom is -0.389 e. The summed E-state index contributed by atoms with van der Waals surface area (Å²) in [5.74, 6) is 0. The van der Waals surface area contributed by atoms with Gasteiger partial charge in [0.15, 0.2) is 0 Å². The number of aliphatic hydroxyl groups is 1. The molecule has 1 aromatic carbocycles. The predicted molar refractivity (Wildman–Crippen MR) is 70.3 cm³/mol. The van der Waals surface area contributed by atoms with Gasteiger partial charge in [0.1, 0.15) is 0 Å². The minimum atomic E-state index is -0.465. The molecular formula is C13H20ClNO. The Morgan fingerprint density at radius 1 is 1.44 bits per heavy atom. The van der Waals surface area contributed by atoms with Crippen molar-refractivity contribution in [3.8, 4) is 0 Å². The van der Waals surface area contributed by atoms with Crippen LogP contribution in [0.5, 0.6) is 0 Å². The SMILES string of the molecule is CCCCN(C)c1ccc([C@H](C)O)cc1Cl. The van der Waals surface area contributed by atoms with Gasteiger partial charge in [0.25, 0.3) is 0 Å². The number of nitrogens with zero attached hydrogens (tertiary/aromatic N) is 1. The van der Waals surface area contributed by atoms with E-state index in [0.717, 1.165) is 24.2 Å². The van der Waals surface area contributed by atoms with E-state index < -0.39 is 6.10 Å². The van der Waals surface area contributed by atoms with Crippen LogP contribution in [-0.2, 0) is 0 Å². The first-order chi connectivity index (χ1) is 7.56. The molecule has 0 aromatic heterocycles. The van der Waals surface area contributed by atoms with Gasteiger partial charge in [-0.2, -0.15) is 0 Å². The number of anilines is 1. The average molecular weight is 242 g/mol. The molecular weight excluding hydrogens is 222 g/mol. The fourth-order valence-electron chi connectivity index (χ4n) is 1.61. The van der Waals surface area contributed by atoms with Gasteiger partial charge in [-0.3, -0.25) is 0 Å². The van der Waals surface area contributed by atoms with Crippen LogP contribution in [0.3, 0.4) is 0 Å². The smallest absolute Gasteiger partial charge is 0.0762 e. The maximum absolute atomic E-state index is 9.45. The number of benzene rings is 1. The number of aliphatic hydroxyl groups excluding tert-OH is 1. The lowest BCUT2D eigenvalue weighted by Crippen LogP contribution is -2.18. The molecule has 0 radical (unpaired) electrons. The number of unbranched alkanes of at least 4 members (excludes halogenated alkanes) is 1. The second kappa shape index (κ2) is 6.12. The summed E-state index contributed by atoms with van der Waals surface area (Å²) in [4.78, 5) is 2.15. The van der Waals surface area contributed by atoms with Crippen molar-refractivity contribution < 1.29 is 5.11 Å². The Kier molecular flexibility index (Phi) is 5.10. The van der Waals surface area contributed by atoms with Gasteiger partial charge < -0.3 is 10.0 Å². The zero-order valence-corrected chi connectivity index (χ0v) is 11.0. The molecule has 90 valence electrons. The van der Waals surface area contributed by atoms with Crippen molar-refractivity contribution in [2.24, 2.45) is 0 Å². The average Bonchev–Trinajstić information content (AvgIpc) is 2.25. The Morgan fingerprint density at radius 2 is 2.12 bits per heavy atom. The highest BCUT2D eigenvalue weighted by Crippen LogP contribution is 2.28. The van der Waals surface area contributed by atoms with Gasteiger partial charge in [-0.15, -0.1) is 0 Å². The van der Waals surface area contributed by atoms with Crippen molar-refractivity contribution in [3.05, 3.63) is 28.8 Å². The Hall–Kier alpha value is -0.730. The molecule has 0 bridgehead atoms. The molecule has 0 aliphatic heterocycles. The molecule has 0 unspecified atom stereocenters. The molecule has 0 saturated carbocycles. The van der Waals surface area contributed by atoms with E-state index in [0.29, 0.717) is 5.02 Å². The Bertz CT molecular complexity index is 339. The van der Waals surface area contributed by atoms with Crippen LogP contribution in [0.15, 0.2) is 18.2 Å². The topological polar surface area (TPSA) is 23.5 Å². The van der Waals surface area contributed by atoms with Crippen molar-refractivity contribution in [1.29, 1.82) is 0 Å². The number of hydrogen-bond acceptors (Lipinski definition) is 2. The third-order valence-corrected chi connectivity index (χ3v) is 3.02. The summed E-state index contributed by atoms with van der Waals surface area (Å²) in [6.07, 6.45) is 1.87. The number of halogens is 1. The maximum atomic E-state index is 9.45. The van der Waals surface area contributed by atoms with Crippen LogP contribution < -0.4 is 4.90 Å². The van der Waals surface area contributed by atoms with Crippen molar-refractivity contribution >= 4 is 17.3 Å². The lowest BCUT2D eigenvalue weighted by molar-refractivity contribution is 0.199. The molecule has 0 aliphatic rings. The molecule has 16 heavy (non-hydrogen) atoms. The Morgan fingerprint density at radius 3 is 2.62 bits per heavy atom. The van der Waals surface area contributed by atoms with Gasteiger partial charge in [0.2, 0.25) is 0 Å². The summed E-state index contributed by atoms with van der Waals surface area (Å²) in [6, 6.07) is 5.73. The fourth-order valence-corrected chi connectivity index (χ4v) is 1.94. The van der Waals surface area contributed by atoms with E-state index in [4.69, 9.17) is 11.6 Å². The Balaban J connectivity index is 2.81. The highest BCUT2D eigenvalue weighted by molar-refractivity contribution is 6.33. The van der Waals surface area contributed by atoms with Crippen LogP contribution in [0.1, 0.15) is 38.4 Å². The van der Waals surface area contributed by atoms with Gasteiger partial charge in [-0.05, 0) is 31.0 Å². The summed E-state index contributed by atoms with van der Waals surface area (Å²) in [7, 11) is 2.04. The van der Waals surface area contributed by atoms with Crippen LogP contribution in [0, 0.1) is 0 Å². The summed E-state index contributed by atoms with van der Waals surface area (Å²) < 4.78 is 0. The maximum Gasteiger partial charge on any atom is 0.0762 e. The lowest BCUT2D eigenvalue weighted by atomic mass is 10.1. The second-order valence-corrected chi connectivity index (χ2v) is 4.57. The van der Waals surface area contributed by atoms with Gasteiger partial charge in [0, 0.05) is 13.6 Å². The molecule has 1 N–H and O–H groups in total. The van der Waals surface area contributed by atoms with Crippen molar-refractivity contribution in [3.63, 3.8) is 0 Å². The first-order valence-electron chi connectivity index (χ1n) is 5.75. The van der Waals surface area contributed by atoms with E-state index in [2.05, 4.69) is 11.8 Å². The minimum absolute atomic E-state index is 0.465. The van der Waals surface area contributed by atoms with Gasteiger partial charge in [0.05, 0.1) is 16.8 Å². The zero-order chi connectivity index (χ0) is 12.1. The molecule has 0 fully saturated rings. The fraction of sp³-hybridized carbons (Fsp3) is 0.538. The predicted octanol–water partition coefficient (Wildman–Crippen LogP) is 3.63. The van der Waals surface area contributed by atoms with E-state index in [1.165, 1.54) is 6.42 Å². The molecule has 1 atom stereocenters. The quantitative estimate of drug-likeness (QED) is 0.851. The summed E-state index contributed by atoms with van der Waals surface area (Å²) in [5, 5.41) is 10.2. The highest BCUT2D eigenvalue weighted by atomic mass is 35.5. The van der Waals surface area contributed by atoms with E-state index in [1.807, 2.05) is 25.2 Å². The second-order valence-electron chi connectivity index (χ2n) is 4.16. The molecule has 1 rings (SSSR count). The molecule has 0 aliphatic carbocycles. The van der Waals surface area contributed by atoms with E-state index in [9.17, 15) is 5.11 Å². The third-order valence-electron chi connectivity index (χ3n) is 2.71. The molecule has 2 nitrogen and oxygen atoms in total. The van der Waals surface area contributed by atoms with Crippen LogP contribution in [-0.4, -0.2) is 18.7 Å². The Labute approximate surface area is 103 Å². The molecule has 1 aromatic rings. The number of hydrogen-bond donors (Lipinski definition) is 1. The third kappa shape index (κ3) is 3.39. The molecule has 0 amide bonds. The van der Waals surface area contributed by atoms with E-state index in [-0.39, 0.29) is 0 Å². The molecule has 3 heteroatoms. The standard InChI is InChI=1S/C13H20ClNO/c1-4-5-8-15(3)13-7-6-11(10(2)16)9-12(13)14/h6-7,9-10,16H,4-5,8H2,1-3H3/t10-/m0/s1. The summed E-state index contributed by atoms with van der Waals surface area (Å²) in [5.41, 5.74) is 1.89. The highest BCUT2D eigenvalue weighted by Gasteiger charge is 2.08. The van der Waals surface area contributed by atoms with Crippen LogP contribution >= 0.6 is 11.6 Å². The monoisotopic (exact) mass is 241 g/mol. The molecule has 0 heterocycles. The van der Waals surface area contributed by atoms with Crippen molar-refractivity contribution in [1.82, 2.24) is 0 Å². The summed E-state index contributed by atoms with van der Waals surface area (Å²) >= 11 is 6.19. The first kappa shape index (κ1) is 13.3.